The normalized spacial score (nSPS) is 8.50. The first-order valence-corrected chi connectivity index (χ1v) is 5.85. The largest absolute Gasteiger partial charge is 0.545 e. The van der Waals surface area contributed by atoms with Crippen molar-refractivity contribution in [2.45, 2.75) is 0 Å². The van der Waals surface area contributed by atoms with E-state index in [1.165, 1.54) is 0 Å². The van der Waals surface area contributed by atoms with Gasteiger partial charge in [-0.2, -0.15) is 0 Å². The third kappa shape index (κ3) is 5.07. The molecule has 0 aromatic rings. The van der Waals surface area contributed by atoms with Crippen LogP contribution in [-0.4, -0.2) is 24.9 Å². The van der Waals surface area contributed by atoms with E-state index in [-0.39, 0.29) is 0 Å². The van der Waals surface area contributed by atoms with Crippen LogP contribution in [0.25, 0.3) is 0 Å². The van der Waals surface area contributed by atoms with Crippen molar-refractivity contribution in [2.24, 2.45) is 0 Å². The van der Waals surface area contributed by atoms with Crippen LogP contribution < -0.4 is 0 Å². The minimum absolute atomic E-state index is 0.545. The zero-order valence-corrected chi connectivity index (χ0v) is 6.12. The molecule has 0 aliphatic carbocycles. The van der Waals surface area contributed by atoms with E-state index < -0.39 is 12.3 Å². The summed E-state index contributed by atoms with van der Waals surface area (Å²) >= 11 is -1.45. The molecular weight excluding hydrogens is 138 g/mol. The summed E-state index contributed by atoms with van der Waals surface area (Å²) in [5.74, 6) is 0. The first kappa shape index (κ1) is 7.07. The van der Waals surface area contributed by atoms with Crippen LogP contribution in [0.4, 0.5) is 0 Å². The molecule has 36 valence electrons. The predicted octanol–water partition coefficient (Wildman–Crippen LogP) is 1.14. The molecule has 0 aromatic heterocycles. The van der Waals surface area contributed by atoms with E-state index in [1.807, 2.05) is 0 Å². The Bertz CT molecular complexity index is 32.7. The molecule has 0 saturated heterocycles. The summed E-state index contributed by atoms with van der Waals surface area (Å²) < 4.78 is 4.60. The molecule has 6 heavy (non-hydrogen) atoms. The summed E-state index contributed by atoms with van der Waals surface area (Å²) in [4.78, 5) is 0. The molecule has 0 heterocycles. The molecule has 1 nitrogen and oxygen atoms in total. The first-order valence-electron chi connectivity index (χ1n) is 1.54. The Kier molecular flexibility index (Phi) is 4.99. The molecule has 0 unspecified atom stereocenters. The first-order chi connectivity index (χ1) is 2.77. The second kappa shape index (κ2) is 4.24. The molecule has 0 radical (unpaired) electrons. The predicted molar refractivity (Wildman–Crippen MR) is 29.3 cm³/mol. The van der Waals surface area contributed by atoms with Crippen LogP contribution in [0, 0.1) is 0 Å². The van der Waals surface area contributed by atoms with Gasteiger partial charge in [0.05, 0.1) is 0 Å². The minimum atomic E-state index is -1.45. The Morgan fingerprint density at radius 1 is 1.67 bits per heavy atom. The molecule has 0 spiro atoms. The maximum Gasteiger partial charge on any atom is 0.545 e. The van der Waals surface area contributed by atoms with Crippen molar-refractivity contribution < 1.29 is 4.74 Å². The molecule has 4 heteroatoms. The summed E-state index contributed by atoms with van der Waals surface area (Å²) in [6, 6.07) is 0. The van der Waals surface area contributed by atoms with Gasteiger partial charge in [-0.1, -0.05) is 0 Å². The second-order valence-corrected chi connectivity index (χ2v) is 5.79. The molecule has 0 aliphatic rings. The average Bonchev–Trinajstić information content (AvgIpc) is 1.35. The van der Waals surface area contributed by atoms with Crippen molar-refractivity contribution in [3.63, 3.8) is 0 Å². The monoisotopic (exact) mass is 142 g/mol. The van der Waals surface area contributed by atoms with E-state index >= 15 is 0 Å². The van der Waals surface area contributed by atoms with Crippen molar-refractivity contribution >= 4 is 32.4 Å². The van der Waals surface area contributed by atoms with Gasteiger partial charge in [0.15, 0.2) is 0 Å². The molecule has 0 bridgehead atoms. The number of hydrogen-bond donors (Lipinski definition) is 0. The molecule has 0 amide bonds. The summed E-state index contributed by atoms with van der Waals surface area (Å²) in [5.41, 5.74) is 0.545. The summed E-state index contributed by atoms with van der Waals surface area (Å²) in [7, 11) is 12.3. The highest BCUT2D eigenvalue weighted by molar-refractivity contribution is 7.33. The Hall–Kier alpha value is 1.07. The highest BCUT2D eigenvalue weighted by Gasteiger charge is 2.07. The van der Waals surface area contributed by atoms with Crippen molar-refractivity contribution in [1.82, 2.24) is 0 Å². The smallest absolute Gasteiger partial charge is 0.396 e. The minimum Gasteiger partial charge on any atom is -0.396 e. The lowest BCUT2D eigenvalue weighted by atomic mass is 11.5. The lowest BCUT2D eigenvalue weighted by Gasteiger charge is -1.87. The van der Waals surface area contributed by atoms with E-state index in [2.05, 4.69) is 4.74 Å². The van der Waals surface area contributed by atoms with Gasteiger partial charge in [0.2, 0.25) is 0 Å². The van der Waals surface area contributed by atoms with E-state index in [0.717, 1.165) is 0 Å². The molecule has 0 aliphatic heterocycles. The van der Waals surface area contributed by atoms with Crippen LogP contribution in [0.3, 0.4) is 0 Å². The fourth-order valence-corrected chi connectivity index (χ4v) is 1.13. The Morgan fingerprint density at radius 3 is 2.17 bits per heavy atom. The SMILES string of the molecule is CO[CH2][Al]([Cl])[Cl]. The second-order valence-electron chi connectivity index (χ2n) is 0.846. The molecule has 0 saturated carbocycles. The number of rotatable bonds is 2. The molecule has 0 aromatic carbocycles. The average molecular weight is 143 g/mol. The van der Waals surface area contributed by atoms with Crippen molar-refractivity contribution in [3.05, 3.63) is 0 Å². The quantitative estimate of drug-likeness (QED) is 0.526. The maximum atomic E-state index is 5.36. The van der Waals surface area contributed by atoms with Crippen molar-refractivity contribution in [1.29, 1.82) is 0 Å². The number of methoxy groups -OCH3 is 1. The fourth-order valence-electron chi connectivity index (χ4n) is 0.126. The number of hydrogen-bond acceptors (Lipinski definition) is 1. The van der Waals surface area contributed by atoms with E-state index in [0.29, 0.717) is 5.47 Å². The van der Waals surface area contributed by atoms with E-state index in [4.69, 9.17) is 20.1 Å². The highest BCUT2D eigenvalue weighted by Crippen LogP contribution is 1.92. The highest BCUT2D eigenvalue weighted by atomic mass is 35.7. The Morgan fingerprint density at radius 2 is 2.17 bits per heavy atom. The number of halogens is 2. The van der Waals surface area contributed by atoms with Gasteiger partial charge in [0.1, 0.15) is 0 Å². The van der Waals surface area contributed by atoms with Crippen LogP contribution in [-0.2, 0) is 4.74 Å². The molecule has 0 N–H and O–H groups in total. The van der Waals surface area contributed by atoms with Crippen molar-refractivity contribution in [3.8, 4) is 0 Å². The van der Waals surface area contributed by atoms with Gasteiger partial charge < -0.3 is 4.74 Å². The molecule has 0 atom stereocenters. The molecule has 0 rings (SSSR count). The van der Waals surface area contributed by atoms with Gasteiger partial charge in [-0.3, -0.25) is 0 Å². The van der Waals surface area contributed by atoms with Crippen LogP contribution in [0.15, 0.2) is 0 Å². The van der Waals surface area contributed by atoms with Crippen molar-refractivity contribution in [2.75, 3.05) is 12.6 Å². The van der Waals surface area contributed by atoms with Gasteiger partial charge in [0.25, 0.3) is 0 Å². The zero-order valence-electron chi connectivity index (χ0n) is 3.45. The van der Waals surface area contributed by atoms with Gasteiger partial charge in [-0.15, -0.1) is 0 Å². The van der Waals surface area contributed by atoms with Crippen LogP contribution in [0.2, 0.25) is 0 Å². The zero-order chi connectivity index (χ0) is 4.99. The molecule has 0 fully saturated rings. The summed E-state index contributed by atoms with van der Waals surface area (Å²) in [6.45, 7) is 0. The summed E-state index contributed by atoms with van der Waals surface area (Å²) in [6.07, 6.45) is 0. The third-order valence-corrected chi connectivity index (χ3v) is 1.63. The third-order valence-electron chi connectivity index (χ3n) is 0.293. The standard InChI is InChI=1S/C2H5O.Al.2ClH/c1-3-2;;;/h1H2,2H3;;2*1H/q;+2;;/p-2. The Labute approximate surface area is 50.0 Å². The fraction of sp³-hybridized carbons (Fsp3) is 1.00. The molecular formula is C2H5AlCl2O. The lowest BCUT2D eigenvalue weighted by Crippen LogP contribution is -2.02. The maximum absolute atomic E-state index is 5.36. The van der Waals surface area contributed by atoms with Gasteiger partial charge in [-0.25, -0.2) is 20.1 Å². The van der Waals surface area contributed by atoms with Crippen LogP contribution in [0.5, 0.6) is 0 Å². The van der Waals surface area contributed by atoms with Crippen LogP contribution >= 0.6 is 20.1 Å². The van der Waals surface area contributed by atoms with Gasteiger partial charge in [-0.05, 0) is 0 Å². The van der Waals surface area contributed by atoms with Gasteiger partial charge in [0, 0.05) is 12.6 Å². The van der Waals surface area contributed by atoms with E-state index in [9.17, 15) is 0 Å². The summed E-state index contributed by atoms with van der Waals surface area (Å²) in [5, 5.41) is 0. The topological polar surface area (TPSA) is 9.23 Å². The van der Waals surface area contributed by atoms with Gasteiger partial charge >= 0.3 is 12.3 Å². The lowest BCUT2D eigenvalue weighted by molar-refractivity contribution is 0.252. The Balaban J connectivity index is 2.63. The van der Waals surface area contributed by atoms with E-state index in [1.54, 1.807) is 7.11 Å². The van der Waals surface area contributed by atoms with Crippen LogP contribution in [0.1, 0.15) is 0 Å². The number of ether oxygens (including phenoxy) is 1.